The quantitative estimate of drug-likeness (QED) is 0.524. The Labute approximate surface area is 155 Å². The minimum absolute atomic E-state index is 0.00138. The second kappa shape index (κ2) is 7.61. The van der Waals surface area contributed by atoms with Gasteiger partial charge in [-0.2, -0.15) is 0 Å². The molecule has 1 amide bonds. The summed E-state index contributed by atoms with van der Waals surface area (Å²) in [7, 11) is 0. The predicted octanol–water partition coefficient (Wildman–Crippen LogP) is 4.00. The molecule has 136 valence electrons. The molecule has 0 aliphatic heterocycles. The van der Waals surface area contributed by atoms with Crippen molar-refractivity contribution in [2.24, 2.45) is 0 Å². The Morgan fingerprint density at radius 2 is 1.63 bits per heavy atom. The minimum Gasteiger partial charge on any atom is -0.324 e. The number of hydrogen-bond donors (Lipinski definition) is 2. The summed E-state index contributed by atoms with van der Waals surface area (Å²) in [6.45, 7) is 3.76. The van der Waals surface area contributed by atoms with Gasteiger partial charge in [0.05, 0.1) is 4.92 Å². The minimum atomic E-state index is -0.579. The van der Waals surface area contributed by atoms with Gasteiger partial charge in [0.1, 0.15) is 5.56 Å². The van der Waals surface area contributed by atoms with Gasteiger partial charge in [-0.3, -0.25) is 14.9 Å². The van der Waals surface area contributed by atoms with E-state index in [4.69, 9.17) is 0 Å². The van der Waals surface area contributed by atoms with Crippen molar-refractivity contribution in [2.75, 3.05) is 10.6 Å². The van der Waals surface area contributed by atoms with Crippen molar-refractivity contribution in [3.05, 3.63) is 81.7 Å². The van der Waals surface area contributed by atoms with Crippen LogP contribution >= 0.6 is 0 Å². The number of para-hydroxylation sites is 1. The molecule has 0 bridgehead atoms. The lowest BCUT2D eigenvalue weighted by Gasteiger charge is -2.10. The number of hydrogen-bond acceptors (Lipinski definition) is 6. The number of benzene rings is 2. The van der Waals surface area contributed by atoms with Crippen LogP contribution in [0.4, 0.5) is 23.0 Å². The fraction of sp³-hybridized carbons (Fsp3) is 0.105. The molecular weight excluding hydrogens is 346 g/mol. The third kappa shape index (κ3) is 4.43. The zero-order chi connectivity index (χ0) is 19.4. The van der Waals surface area contributed by atoms with Crippen LogP contribution < -0.4 is 10.6 Å². The molecule has 3 rings (SSSR count). The van der Waals surface area contributed by atoms with Gasteiger partial charge in [-0.1, -0.05) is 18.2 Å². The maximum absolute atomic E-state index is 12.4. The fourth-order valence-electron chi connectivity index (χ4n) is 2.61. The second-order valence-electron chi connectivity index (χ2n) is 5.91. The topological polar surface area (TPSA) is 110 Å². The molecule has 1 heterocycles. The summed E-state index contributed by atoms with van der Waals surface area (Å²) in [6, 6.07) is 14.6. The van der Waals surface area contributed by atoms with Crippen molar-refractivity contribution < 1.29 is 9.72 Å². The summed E-state index contributed by atoms with van der Waals surface area (Å²) in [5.74, 6) is -0.100. The zero-order valence-electron chi connectivity index (χ0n) is 14.8. The average molecular weight is 363 g/mol. The molecule has 0 radical (unpaired) electrons. The molecule has 0 spiro atoms. The van der Waals surface area contributed by atoms with Gasteiger partial charge in [0, 0.05) is 28.8 Å². The smallest absolute Gasteiger partial charge is 0.282 e. The van der Waals surface area contributed by atoms with Crippen molar-refractivity contribution in [2.45, 2.75) is 13.8 Å². The Morgan fingerprint density at radius 3 is 2.33 bits per heavy atom. The van der Waals surface area contributed by atoms with Crippen LogP contribution in [0.3, 0.4) is 0 Å². The van der Waals surface area contributed by atoms with Crippen LogP contribution in [0, 0.1) is 24.0 Å². The summed E-state index contributed by atoms with van der Waals surface area (Å²) >= 11 is 0. The highest BCUT2D eigenvalue weighted by molar-refractivity contribution is 6.07. The normalized spacial score (nSPS) is 10.3. The van der Waals surface area contributed by atoms with Crippen molar-refractivity contribution >= 4 is 28.9 Å². The lowest BCUT2D eigenvalue weighted by atomic mass is 10.1. The Bertz CT molecular complexity index is 999. The molecule has 0 saturated heterocycles. The van der Waals surface area contributed by atoms with Gasteiger partial charge in [0.15, 0.2) is 0 Å². The fourth-order valence-corrected chi connectivity index (χ4v) is 2.61. The maximum atomic E-state index is 12.4. The van der Waals surface area contributed by atoms with Gasteiger partial charge in [0.2, 0.25) is 5.95 Å². The highest BCUT2D eigenvalue weighted by Gasteiger charge is 2.19. The van der Waals surface area contributed by atoms with Gasteiger partial charge in [-0.05, 0) is 44.2 Å². The molecule has 8 nitrogen and oxygen atoms in total. The maximum Gasteiger partial charge on any atom is 0.282 e. The standard InChI is InChI=1S/C19H17N5O3/c1-12-10-13(2)21-19(20-12)23-15-7-5-6-14(11-15)22-18(25)16-8-3-4-9-17(16)24(26)27/h3-11H,1-2H3,(H,22,25)(H,20,21,23). The molecule has 0 aliphatic carbocycles. The van der Waals surface area contributed by atoms with E-state index < -0.39 is 10.8 Å². The molecule has 8 heteroatoms. The zero-order valence-corrected chi connectivity index (χ0v) is 14.8. The summed E-state index contributed by atoms with van der Waals surface area (Å²) in [6.07, 6.45) is 0. The Balaban J connectivity index is 1.80. The van der Waals surface area contributed by atoms with E-state index in [0.717, 1.165) is 11.4 Å². The number of amides is 1. The Morgan fingerprint density at radius 1 is 0.963 bits per heavy atom. The van der Waals surface area contributed by atoms with Crippen molar-refractivity contribution in [1.82, 2.24) is 9.97 Å². The predicted molar refractivity (Wildman–Crippen MR) is 102 cm³/mol. The highest BCUT2D eigenvalue weighted by Crippen LogP contribution is 2.22. The molecular formula is C19H17N5O3. The molecule has 2 aromatic carbocycles. The van der Waals surface area contributed by atoms with Gasteiger partial charge in [-0.15, -0.1) is 0 Å². The molecule has 0 fully saturated rings. The Hall–Kier alpha value is -3.81. The first kappa shape index (κ1) is 18.0. The van der Waals surface area contributed by atoms with Gasteiger partial charge < -0.3 is 10.6 Å². The van der Waals surface area contributed by atoms with E-state index in [-0.39, 0.29) is 11.3 Å². The summed E-state index contributed by atoms with van der Waals surface area (Å²) in [5.41, 5.74) is 2.61. The van der Waals surface area contributed by atoms with E-state index in [1.165, 1.54) is 18.2 Å². The summed E-state index contributed by atoms with van der Waals surface area (Å²) in [5, 5.41) is 16.9. The molecule has 0 saturated carbocycles. The van der Waals surface area contributed by atoms with Gasteiger partial charge >= 0.3 is 0 Å². The van der Waals surface area contributed by atoms with Crippen LogP contribution in [0.1, 0.15) is 21.7 Å². The van der Waals surface area contributed by atoms with Crippen LogP contribution in [0.5, 0.6) is 0 Å². The molecule has 1 aromatic heterocycles. The van der Waals surface area contributed by atoms with Gasteiger partial charge in [0.25, 0.3) is 11.6 Å². The van der Waals surface area contributed by atoms with Crippen LogP contribution in [0.25, 0.3) is 0 Å². The van der Waals surface area contributed by atoms with E-state index in [1.54, 1.807) is 24.3 Å². The van der Waals surface area contributed by atoms with Crippen LogP contribution in [0.15, 0.2) is 54.6 Å². The third-order valence-electron chi connectivity index (χ3n) is 3.70. The van der Waals surface area contributed by atoms with E-state index >= 15 is 0 Å². The average Bonchev–Trinajstić information content (AvgIpc) is 2.61. The van der Waals surface area contributed by atoms with Crippen LogP contribution in [-0.4, -0.2) is 20.8 Å². The number of nitrogens with one attached hydrogen (secondary N) is 2. The molecule has 3 aromatic rings. The van der Waals surface area contributed by atoms with Crippen molar-refractivity contribution in [3.63, 3.8) is 0 Å². The van der Waals surface area contributed by atoms with Crippen LogP contribution in [-0.2, 0) is 0 Å². The molecule has 0 unspecified atom stereocenters. The molecule has 27 heavy (non-hydrogen) atoms. The monoisotopic (exact) mass is 363 g/mol. The van der Waals surface area contributed by atoms with Gasteiger partial charge in [-0.25, -0.2) is 9.97 Å². The summed E-state index contributed by atoms with van der Waals surface area (Å²) < 4.78 is 0. The number of rotatable bonds is 5. The first-order chi connectivity index (χ1) is 12.9. The lowest BCUT2D eigenvalue weighted by molar-refractivity contribution is -0.385. The Kier molecular flexibility index (Phi) is 5.07. The second-order valence-corrected chi connectivity index (χ2v) is 5.91. The first-order valence-electron chi connectivity index (χ1n) is 8.16. The molecule has 0 aliphatic rings. The largest absolute Gasteiger partial charge is 0.324 e. The van der Waals surface area contributed by atoms with Crippen molar-refractivity contribution in [3.8, 4) is 0 Å². The number of carbonyl (C=O) groups excluding carboxylic acids is 1. The SMILES string of the molecule is Cc1cc(C)nc(Nc2cccc(NC(=O)c3ccccc3[N+](=O)[O-])c2)n1. The lowest BCUT2D eigenvalue weighted by Crippen LogP contribution is -2.14. The summed E-state index contributed by atoms with van der Waals surface area (Å²) in [4.78, 5) is 31.6. The number of aryl methyl sites for hydroxylation is 2. The first-order valence-corrected chi connectivity index (χ1v) is 8.16. The van der Waals surface area contributed by atoms with E-state index in [2.05, 4.69) is 20.6 Å². The van der Waals surface area contributed by atoms with E-state index in [1.807, 2.05) is 26.0 Å². The van der Waals surface area contributed by atoms with Crippen molar-refractivity contribution in [1.29, 1.82) is 0 Å². The number of nitro groups is 1. The van der Waals surface area contributed by atoms with E-state index in [0.29, 0.717) is 17.3 Å². The van der Waals surface area contributed by atoms with E-state index in [9.17, 15) is 14.9 Å². The van der Waals surface area contributed by atoms with Crippen LogP contribution in [0.2, 0.25) is 0 Å². The highest BCUT2D eigenvalue weighted by atomic mass is 16.6. The number of nitro benzene ring substituents is 1. The molecule has 2 N–H and O–H groups in total. The number of anilines is 3. The number of carbonyl (C=O) groups is 1. The number of aromatic nitrogens is 2. The third-order valence-corrected chi connectivity index (χ3v) is 3.70. The number of nitrogens with zero attached hydrogens (tertiary/aromatic N) is 3. The molecule has 0 atom stereocenters.